The van der Waals surface area contributed by atoms with Crippen LogP contribution < -0.4 is 22.9 Å². The molecule has 0 heterocycles. The van der Waals surface area contributed by atoms with Crippen molar-refractivity contribution in [1.29, 1.82) is 0 Å². The fraction of sp³-hybridized carbons (Fsp3) is 0.143. The number of benzene rings is 3. The van der Waals surface area contributed by atoms with Gasteiger partial charge in [0.05, 0.1) is 0 Å². The molecule has 3 rings (SSSR count). The van der Waals surface area contributed by atoms with Gasteiger partial charge in [-0.1, -0.05) is 44.2 Å². The first kappa shape index (κ1) is 18.2. The van der Waals surface area contributed by atoms with E-state index in [0.29, 0.717) is 11.4 Å². The molecule has 0 aliphatic carbocycles. The minimum atomic E-state index is -0.0403. The second-order valence-corrected chi connectivity index (χ2v) is 6.54. The van der Waals surface area contributed by atoms with E-state index < -0.39 is 0 Å². The Hall–Kier alpha value is -3.14. The number of rotatable bonds is 2. The van der Waals surface area contributed by atoms with E-state index in [0.717, 1.165) is 11.4 Å². The summed E-state index contributed by atoms with van der Waals surface area (Å²) in [6.07, 6.45) is 0. The van der Waals surface area contributed by atoms with Crippen LogP contribution in [0.2, 0.25) is 0 Å². The van der Waals surface area contributed by atoms with Crippen molar-refractivity contribution in [3.05, 3.63) is 83.9 Å². The monoisotopic (exact) mass is 334 g/mol. The van der Waals surface area contributed by atoms with Crippen LogP contribution in [-0.2, 0) is 5.41 Å². The van der Waals surface area contributed by atoms with Crippen LogP contribution in [0, 0.1) is 0 Å². The SMILES string of the molecule is CC(C)(c1ccc(N)cc1)c1ccc(N)cc1.Nc1cccc(N)c1. The van der Waals surface area contributed by atoms with Crippen molar-refractivity contribution in [3.8, 4) is 0 Å². The van der Waals surface area contributed by atoms with Crippen molar-refractivity contribution < 1.29 is 0 Å². The summed E-state index contributed by atoms with van der Waals surface area (Å²) >= 11 is 0. The third-order valence-corrected chi connectivity index (χ3v) is 4.18. The predicted molar refractivity (Wildman–Crippen MR) is 109 cm³/mol. The molecular formula is C21H26N4. The minimum Gasteiger partial charge on any atom is -0.399 e. The highest BCUT2D eigenvalue weighted by atomic mass is 14.6. The van der Waals surface area contributed by atoms with Gasteiger partial charge >= 0.3 is 0 Å². The second-order valence-electron chi connectivity index (χ2n) is 6.54. The average Bonchev–Trinajstić information content (AvgIpc) is 2.56. The van der Waals surface area contributed by atoms with E-state index in [2.05, 4.69) is 38.1 Å². The Morgan fingerprint density at radius 1 is 0.520 bits per heavy atom. The van der Waals surface area contributed by atoms with Crippen molar-refractivity contribution in [2.75, 3.05) is 22.9 Å². The van der Waals surface area contributed by atoms with Crippen molar-refractivity contribution in [1.82, 2.24) is 0 Å². The number of hydrogen-bond donors (Lipinski definition) is 4. The van der Waals surface area contributed by atoms with Gasteiger partial charge in [-0.25, -0.2) is 0 Å². The molecular weight excluding hydrogens is 308 g/mol. The first-order chi connectivity index (χ1) is 11.8. The van der Waals surface area contributed by atoms with Crippen LogP contribution in [0.15, 0.2) is 72.8 Å². The van der Waals surface area contributed by atoms with Gasteiger partial charge in [-0.2, -0.15) is 0 Å². The molecule has 0 fully saturated rings. The number of anilines is 4. The molecule has 3 aromatic carbocycles. The van der Waals surface area contributed by atoms with Crippen LogP contribution in [0.1, 0.15) is 25.0 Å². The Morgan fingerprint density at radius 2 is 0.880 bits per heavy atom. The maximum atomic E-state index is 5.71. The van der Waals surface area contributed by atoms with Gasteiger partial charge in [0.15, 0.2) is 0 Å². The Labute approximate surface area is 149 Å². The standard InChI is InChI=1S/C15H18N2.C6H8N2/c1-15(2,11-3-7-13(16)8-4-11)12-5-9-14(17)10-6-12;7-5-2-1-3-6(8)4-5/h3-10H,16-17H2,1-2H3;1-4H,7-8H2. The van der Waals surface area contributed by atoms with Crippen LogP contribution >= 0.6 is 0 Å². The van der Waals surface area contributed by atoms with Crippen LogP contribution in [0.4, 0.5) is 22.7 Å². The van der Waals surface area contributed by atoms with E-state index in [-0.39, 0.29) is 5.41 Å². The van der Waals surface area contributed by atoms with Crippen molar-refractivity contribution in [2.45, 2.75) is 19.3 Å². The van der Waals surface area contributed by atoms with E-state index in [1.54, 1.807) is 18.2 Å². The molecule has 0 radical (unpaired) electrons. The van der Waals surface area contributed by atoms with Crippen molar-refractivity contribution >= 4 is 22.7 Å². The summed E-state index contributed by atoms with van der Waals surface area (Å²) in [5.41, 5.74) is 27.6. The fourth-order valence-electron chi connectivity index (χ4n) is 2.53. The highest BCUT2D eigenvalue weighted by Crippen LogP contribution is 2.32. The van der Waals surface area contributed by atoms with Gasteiger partial charge in [0, 0.05) is 28.2 Å². The largest absolute Gasteiger partial charge is 0.399 e. The summed E-state index contributed by atoms with van der Waals surface area (Å²) in [6.45, 7) is 4.40. The molecule has 4 heteroatoms. The maximum absolute atomic E-state index is 5.71. The van der Waals surface area contributed by atoms with Gasteiger partial charge in [-0.05, 0) is 53.6 Å². The molecule has 0 bridgehead atoms. The van der Waals surface area contributed by atoms with Crippen molar-refractivity contribution in [3.63, 3.8) is 0 Å². The van der Waals surface area contributed by atoms with Crippen LogP contribution in [0.25, 0.3) is 0 Å². The first-order valence-electron chi connectivity index (χ1n) is 8.12. The molecule has 0 saturated carbocycles. The van der Waals surface area contributed by atoms with Gasteiger partial charge in [-0.15, -0.1) is 0 Å². The zero-order valence-corrected chi connectivity index (χ0v) is 14.7. The smallest absolute Gasteiger partial charge is 0.0334 e. The van der Waals surface area contributed by atoms with Crippen molar-refractivity contribution in [2.24, 2.45) is 0 Å². The molecule has 0 spiro atoms. The van der Waals surface area contributed by atoms with Crippen LogP contribution in [0.5, 0.6) is 0 Å². The third kappa shape index (κ3) is 4.91. The quantitative estimate of drug-likeness (QED) is 0.531. The highest BCUT2D eigenvalue weighted by Gasteiger charge is 2.22. The normalized spacial score (nSPS) is 10.6. The Balaban J connectivity index is 0.000000236. The molecule has 0 amide bonds. The predicted octanol–water partition coefficient (Wildman–Crippen LogP) is 4.03. The van der Waals surface area contributed by atoms with Crippen LogP contribution in [0.3, 0.4) is 0 Å². The molecule has 0 aromatic heterocycles. The van der Waals surface area contributed by atoms with E-state index >= 15 is 0 Å². The fourth-order valence-corrected chi connectivity index (χ4v) is 2.53. The number of hydrogen-bond acceptors (Lipinski definition) is 4. The average molecular weight is 334 g/mol. The molecule has 0 saturated heterocycles. The number of nitrogen functional groups attached to an aromatic ring is 4. The second kappa shape index (κ2) is 7.62. The topological polar surface area (TPSA) is 104 Å². The molecule has 0 unspecified atom stereocenters. The zero-order chi connectivity index (χ0) is 18.4. The number of nitrogens with two attached hydrogens (primary N) is 4. The van der Waals surface area contributed by atoms with Gasteiger partial charge in [-0.3, -0.25) is 0 Å². The molecule has 4 nitrogen and oxygen atoms in total. The van der Waals surface area contributed by atoms with E-state index in [9.17, 15) is 0 Å². The Kier molecular flexibility index (Phi) is 5.55. The Morgan fingerprint density at radius 3 is 1.16 bits per heavy atom. The molecule has 25 heavy (non-hydrogen) atoms. The van der Waals surface area contributed by atoms with Crippen LogP contribution in [-0.4, -0.2) is 0 Å². The summed E-state index contributed by atoms with van der Waals surface area (Å²) in [4.78, 5) is 0. The van der Waals surface area contributed by atoms with E-state index in [4.69, 9.17) is 22.9 Å². The van der Waals surface area contributed by atoms with E-state index in [1.165, 1.54) is 11.1 Å². The van der Waals surface area contributed by atoms with E-state index in [1.807, 2.05) is 30.3 Å². The molecule has 8 N–H and O–H groups in total. The molecule has 0 aliphatic rings. The first-order valence-corrected chi connectivity index (χ1v) is 8.12. The lowest BCUT2D eigenvalue weighted by Gasteiger charge is -2.26. The third-order valence-electron chi connectivity index (χ3n) is 4.18. The minimum absolute atomic E-state index is 0.0403. The lowest BCUT2D eigenvalue weighted by atomic mass is 9.78. The summed E-state index contributed by atoms with van der Waals surface area (Å²) in [6, 6.07) is 23.2. The summed E-state index contributed by atoms with van der Waals surface area (Å²) < 4.78 is 0. The summed E-state index contributed by atoms with van der Waals surface area (Å²) in [7, 11) is 0. The van der Waals surface area contributed by atoms with Gasteiger partial charge in [0.2, 0.25) is 0 Å². The molecule has 0 atom stereocenters. The van der Waals surface area contributed by atoms with Gasteiger partial charge in [0.1, 0.15) is 0 Å². The Bertz CT molecular complexity index is 741. The lowest BCUT2D eigenvalue weighted by Crippen LogP contribution is -2.18. The summed E-state index contributed by atoms with van der Waals surface area (Å²) in [5.74, 6) is 0. The molecule has 3 aromatic rings. The summed E-state index contributed by atoms with van der Waals surface area (Å²) in [5, 5.41) is 0. The maximum Gasteiger partial charge on any atom is 0.0334 e. The molecule has 0 aliphatic heterocycles. The highest BCUT2D eigenvalue weighted by molar-refractivity contribution is 5.51. The van der Waals surface area contributed by atoms with Gasteiger partial charge in [0.25, 0.3) is 0 Å². The lowest BCUT2D eigenvalue weighted by molar-refractivity contribution is 0.641. The van der Waals surface area contributed by atoms with Gasteiger partial charge < -0.3 is 22.9 Å². The molecule has 130 valence electrons. The zero-order valence-electron chi connectivity index (χ0n) is 14.7.